The molecule has 8 aromatic rings. The van der Waals surface area contributed by atoms with Crippen LogP contribution in [-0.4, -0.2) is 39.9 Å². The Morgan fingerprint density at radius 1 is 0.448 bits per heavy atom. The third-order valence-electron chi connectivity index (χ3n) is 10.6. The van der Waals surface area contributed by atoms with Gasteiger partial charge < -0.3 is 18.9 Å². The molecule has 6 nitrogen and oxygen atoms in total. The van der Waals surface area contributed by atoms with Gasteiger partial charge in [0.25, 0.3) is 0 Å². The molecule has 0 amide bonds. The first-order chi connectivity index (χ1) is 28.6. The zero-order valence-corrected chi connectivity index (χ0v) is 34.8. The number of ether oxygens (including phenoxy) is 4. The van der Waals surface area contributed by atoms with Crippen LogP contribution in [0.2, 0.25) is 0 Å². The molecule has 0 aliphatic rings. The van der Waals surface area contributed by atoms with Crippen molar-refractivity contribution in [3.05, 3.63) is 156 Å². The number of aryl methyl sites for hydroxylation is 2. The Bertz CT molecular complexity index is 2630. The number of nitrogens with zero attached hydrogens (tertiary/aromatic N) is 2. The average molecular weight is 803 g/mol. The molecule has 0 spiro atoms. The minimum absolute atomic E-state index is 0.723. The quantitative estimate of drug-likeness (QED) is 0.0584. The van der Waals surface area contributed by atoms with Crippen LogP contribution in [0, 0.1) is 0 Å². The van der Waals surface area contributed by atoms with Crippen molar-refractivity contribution in [3.8, 4) is 23.0 Å². The summed E-state index contributed by atoms with van der Waals surface area (Å²) in [5.74, 6) is 4.92. The number of methoxy groups -OCH3 is 4. The molecule has 2 aromatic heterocycles. The predicted molar refractivity (Wildman–Crippen MR) is 245 cm³/mol. The van der Waals surface area contributed by atoms with Gasteiger partial charge in [0.2, 0.25) is 11.0 Å². The van der Waals surface area contributed by atoms with Crippen LogP contribution in [0.25, 0.3) is 67.7 Å². The van der Waals surface area contributed by atoms with Crippen molar-refractivity contribution in [2.24, 2.45) is 0 Å². The van der Waals surface area contributed by atoms with E-state index in [-0.39, 0.29) is 0 Å². The highest BCUT2D eigenvalue weighted by atomic mass is 33.1. The molecule has 8 rings (SSSR count). The lowest BCUT2D eigenvalue weighted by Crippen LogP contribution is -2.36. The molecule has 0 atom stereocenters. The molecule has 0 radical (unpaired) electrons. The number of hydrogen-bond donors (Lipinski definition) is 0. The van der Waals surface area contributed by atoms with Crippen molar-refractivity contribution >= 4 is 89.2 Å². The van der Waals surface area contributed by atoms with Crippen LogP contribution in [0.1, 0.15) is 22.3 Å². The van der Waals surface area contributed by atoms with Gasteiger partial charge in [0.15, 0.2) is 48.5 Å². The van der Waals surface area contributed by atoms with Crippen LogP contribution < -0.4 is 28.1 Å². The summed E-state index contributed by atoms with van der Waals surface area (Å²) in [6.07, 6.45) is 13.1. The van der Waals surface area contributed by atoms with Gasteiger partial charge in [0.1, 0.15) is 0 Å². The summed E-state index contributed by atoms with van der Waals surface area (Å²) in [6.45, 7) is 1.84. The maximum Gasteiger partial charge on any atom is 0.213 e. The molecule has 0 saturated carbocycles. The number of hydrogen-bond acceptors (Lipinski definition) is 6. The molecule has 0 saturated heterocycles. The fourth-order valence-electron chi connectivity index (χ4n) is 7.75. The van der Waals surface area contributed by atoms with E-state index in [1.165, 1.54) is 21.8 Å². The van der Waals surface area contributed by atoms with E-state index in [0.717, 1.165) is 91.4 Å². The number of rotatable bonds is 15. The van der Waals surface area contributed by atoms with Gasteiger partial charge in [-0.2, -0.15) is 9.13 Å². The smallest absolute Gasteiger partial charge is 0.213 e. The Kier molecular flexibility index (Phi) is 12.1. The summed E-state index contributed by atoms with van der Waals surface area (Å²) >= 11 is 0. The Labute approximate surface area is 347 Å². The molecule has 0 aliphatic heterocycles. The number of benzene rings is 6. The summed E-state index contributed by atoms with van der Waals surface area (Å²) in [7, 11) is 10.6. The van der Waals surface area contributed by atoms with E-state index >= 15 is 0 Å². The Morgan fingerprint density at radius 3 is 1.26 bits per heavy atom. The molecule has 0 bridgehead atoms. The Hall–Kier alpha value is -5.96. The number of pyridine rings is 2. The minimum atomic E-state index is 0.723. The zero-order chi connectivity index (χ0) is 39.8. The number of fused-ring (bicyclic) bond motifs is 4. The van der Waals surface area contributed by atoms with Gasteiger partial charge in [0.05, 0.1) is 50.7 Å². The number of aromatic nitrogens is 2. The van der Waals surface area contributed by atoms with E-state index in [4.69, 9.17) is 18.9 Å². The van der Waals surface area contributed by atoms with Gasteiger partial charge in [-0.15, -0.1) is 0 Å². The molecular weight excluding hydrogens is 757 g/mol. The fourth-order valence-corrected chi connectivity index (χ4v) is 9.68. The highest BCUT2D eigenvalue weighted by Crippen LogP contribution is 2.40. The molecular formula is C50H46N2O4S2+2. The summed E-state index contributed by atoms with van der Waals surface area (Å²) in [5.41, 5.74) is 6.75. The zero-order valence-electron chi connectivity index (χ0n) is 33.2. The largest absolute Gasteiger partial charge is 0.493 e. The second kappa shape index (κ2) is 18.1. The third kappa shape index (κ3) is 7.95. The normalized spacial score (nSPS) is 11.7. The maximum atomic E-state index is 5.84. The van der Waals surface area contributed by atoms with Crippen LogP contribution in [0.3, 0.4) is 0 Å². The molecule has 290 valence electrons. The first-order valence-corrected chi connectivity index (χ1v) is 21.8. The van der Waals surface area contributed by atoms with Gasteiger partial charge in [-0.25, -0.2) is 0 Å². The first-order valence-electron chi connectivity index (χ1n) is 19.3. The van der Waals surface area contributed by atoms with Crippen molar-refractivity contribution in [1.82, 2.24) is 0 Å². The van der Waals surface area contributed by atoms with Crippen LogP contribution >= 0.6 is 21.6 Å². The van der Waals surface area contributed by atoms with Crippen LogP contribution in [-0.2, 0) is 13.1 Å². The van der Waals surface area contributed by atoms with Crippen LogP contribution in [0.15, 0.2) is 134 Å². The van der Waals surface area contributed by atoms with Gasteiger partial charge >= 0.3 is 0 Å². The van der Waals surface area contributed by atoms with Crippen LogP contribution in [0.4, 0.5) is 0 Å². The lowest BCUT2D eigenvalue weighted by atomic mass is 10.0. The molecule has 0 unspecified atom stereocenters. The second-order valence-electron chi connectivity index (χ2n) is 13.8. The monoisotopic (exact) mass is 802 g/mol. The lowest BCUT2D eigenvalue weighted by molar-refractivity contribution is -0.666. The van der Waals surface area contributed by atoms with E-state index in [1.807, 2.05) is 45.9 Å². The van der Waals surface area contributed by atoms with Crippen molar-refractivity contribution in [1.29, 1.82) is 0 Å². The second-order valence-corrected chi connectivity index (χ2v) is 16.5. The average Bonchev–Trinajstić information content (AvgIpc) is 3.28. The van der Waals surface area contributed by atoms with Crippen LogP contribution in [0.5, 0.6) is 23.0 Å². The predicted octanol–water partition coefficient (Wildman–Crippen LogP) is 11.3. The van der Waals surface area contributed by atoms with Crippen molar-refractivity contribution in [2.75, 3.05) is 39.9 Å². The summed E-state index contributed by atoms with van der Waals surface area (Å²) < 4.78 is 27.8. The Morgan fingerprint density at radius 2 is 0.845 bits per heavy atom. The summed E-state index contributed by atoms with van der Waals surface area (Å²) in [4.78, 5) is 0. The highest BCUT2D eigenvalue weighted by Gasteiger charge is 2.17. The molecule has 8 heteroatoms. The SMILES string of the molecule is COc1cc2ccccc2c(C=Cc2cc[n+](CCSSCC[n+]3ccc(C=Cc4c(OC)c(OC)cc5ccccc45)c4ccccc43)c3ccccc23)c1OC. The molecule has 0 fully saturated rings. The summed E-state index contributed by atoms with van der Waals surface area (Å²) in [5, 5.41) is 6.89. The molecule has 0 aliphatic carbocycles. The molecule has 0 N–H and O–H groups in total. The van der Waals surface area contributed by atoms with E-state index in [9.17, 15) is 0 Å². The van der Waals surface area contributed by atoms with E-state index in [1.54, 1.807) is 28.4 Å². The summed E-state index contributed by atoms with van der Waals surface area (Å²) in [6, 6.07) is 42.4. The van der Waals surface area contributed by atoms with E-state index in [2.05, 4.69) is 143 Å². The lowest BCUT2D eigenvalue weighted by Gasteiger charge is -2.14. The van der Waals surface area contributed by atoms with Gasteiger partial charge in [-0.1, -0.05) is 107 Å². The third-order valence-corrected chi connectivity index (χ3v) is 12.9. The Balaban J connectivity index is 0.933. The molecule has 6 aromatic carbocycles. The van der Waals surface area contributed by atoms with E-state index < -0.39 is 0 Å². The van der Waals surface area contributed by atoms with E-state index in [0.29, 0.717) is 0 Å². The number of para-hydroxylation sites is 2. The van der Waals surface area contributed by atoms with Gasteiger partial charge in [-0.05, 0) is 69.1 Å². The topological polar surface area (TPSA) is 44.7 Å². The minimum Gasteiger partial charge on any atom is -0.493 e. The standard InChI is InChI=1S/C50H46N2O4S2/c1-53-47-33-37-13-5-7-15-39(37)43(49(47)55-3)23-21-35-25-27-51(45-19-11-9-17-41(35)45)29-31-57-58-32-30-52-28-26-36(42-18-10-12-20-46(42)52)22-24-44-40-16-8-6-14-38(40)34-48(54-2)50(44)56-4/h5-28,33-34H,29-32H2,1-4H3/q+2. The van der Waals surface area contributed by atoms with Crippen molar-refractivity contribution < 1.29 is 28.1 Å². The highest BCUT2D eigenvalue weighted by molar-refractivity contribution is 8.76. The first kappa shape index (κ1) is 38.9. The maximum absolute atomic E-state index is 5.84. The van der Waals surface area contributed by atoms with Gasteiger partial charge in [-0.3, -0.25) is 0 Å². The van der Waals surface area contributed by atoms with Crippen molar-refractivity contribution in [3.63, 3.8) is 0 Å². The fraction of sp³-hybridized carbons (Fsp3) is 0.160. The molecule has 58 heavy (non-hydrogen) atoms. The van der Waals surface area contributed by atoms with Crippen molar-refractivity contribution in [2.45, 2.75) is 13.1 Å². The van der Waals surface area contributed by atoms with Gasteiger partial charge in [0, 0.05) is 35.4 Å². The molecule has 2 heterocycles.